The van der Waals surface area contributed by atoms with Crippen LogP contribution in [0, 0.1) is 40.8 Å². The Morgan fingerprint density at radius 3 is 2.00 bits per heavy atom. The first-order valence-corrected chi connectivity index (χ1v) is 11.1. The van der Waals surface area contributed by atoms with Gasteiger partial charge in [0, 0.05) is 0 Å². The molecule has 1 saturated carbocycles. The maximum absolute atomic E-state index is 15.0. The van der Waals surface area contributed by atoms with Crippen molar-refractivity contribution < 1.29 is 26.3 Å². The van der Waals surface area contributed by atoms with Crippen molar-refractivity contribution in [3.63, 3.8) is 0 Å². The first kappa shape index (κ1) is 22.7. The number of hydrogen-bond acceptors (Lipinski definition) is 0. The summed E-state index contributed by atoms with van der Waals surface area (Å²) in [5, 5.41) is -1.07. The molecule has 0 aliphatic heterocycles. The molecular formula is C26H24F6. The number of fused-ring (bicyclic) bond motifs is 1. The van der Waals surface area contributed by atoms with Gasteiger partial charge in [-0.2, -0.15) is 0 Å². The molecule has 0 saturated heterocycles. The van der Waals surface area contributed by atoms with Crippen molar-refractivity contribution >= 4 is 10.8 Å². The fourth-order valence-corrected chi connectivity index (χ4v) is 4.91. The minimum atomic E-state index is -1.80. The van der Waals surface area contributed by atoms with Crippen molar-refractivity contribution in [1.82, 2.24) is 0 Å². The smallest absolute Gasteiger partial charge is 0.195 e. The second-order valence-electron chi connectivity index (χ2n) is 8.76. The first-order valence-electron chi connectivity index (χ1n) is 11.1. The molecule has 0 nitrogen and oxygen atoms in total. The number of halogens is 6. The van der Waals surface area contributed by atoms with Crippen molar-refractivity contribution in [2.24, 2.45) is 5.92 Å². The van der Waals surface area contributed by atoms with Gasteiger partial charge < -0.3 is 0 Å². The molecule has 0 unspecified atom stereocenters. The van der Waals surface area contributed by atoms with Crippen LogP contribution in [0.5, 0.6) is 0 Å². The van der Waals surface area contributed by atoms with Crippen LogP contribution in [0.1, 0.15) is 63.4 Å². The number of hydrogen-bond donors (Lipinski definition) is 0. The molecular weight excluding hydrogens is 426 g/mol. The fourth-order valence-electron chi connectivity index (χ4n) is 4.91. The fraction of sp³-hybridized carbons (Fsp3) is 0.385. The van der Waals surface area contributed by atoms with Gasteiger partial charge in [-0.05, 0) is 84.4 Å². The zero-order valence-corrected chi connectivity index (χ0v) is 17.8. The zero-order chi connectivity index (χ0) is 23.0. The largest absolute Gasteiger partial charge is 0.206 e. The lowest BCUT2D eigenvalue weighted by molar-refractivity contribution is 0.303. The van der Waals surface area contributed by atoms with Crippen molar-refractivity contribution in [2.45, 2.75) is 57.8 Å². The van der Waals surface area contributed by atoms with Crippen LogP contribution in [0.4, 0.5) is 26.3 Å². The minimum absolute atomic E-state index is 0.0606. The van der Waals surface area contributed by atoms with E-state index in [1.165, 1.54) is 25.0 Å². The molecule has 32 heavy (non-hydrogen) atoms. The van der Waals surface area contributed by atoms with Gasteiger partial charge in [-0.25, -0.2) is 26.3 Å². The Morgan fingerprint density at radius 1 is 0.719 bits per heavy atom. The van der Waals surface area contributed by atoms with Gasteiger partial charge in [-0.1, -0.05) is 26.2 Å². The standard InChI is InChI=1S/C26H24F6/c1-2-3-4-14-5-7-15(8-6-14)16-10-19(27)23(20(28)11-16)17-9-18-13-22(30)25(31)26(32)24(18)21(29)12-17/h9-15H,2-8H2,1H3/t14-,15-. The summed E-state index contributed by atoms with van der Waals surface area (Å²) in [7, 11) is 0. The highest BCUT2D eigenvalue weighted by Crippen LogP contribution is 2.40. The summed E-state index contributed by atoms with van der Waals surface area (Å²) in [6, 6.07) is 4.95. The van der Waals surface area contributed by atoms with Crippen molar-refractivity contribution in [3.8, 4) is 11.1 Å². The molecule has 6 heteroatoms. The van der Waals surface area contributed by atoms with Gasteiger partial charge in [-0.3, -0.25) is 0 Å². The van der Waals surface area contributed by atoms with Gasteiger partial charge in [0.05, 0.1) is 10.9 Å². The molecule has 0 radical (unpaired) electrons. The molecule has 1 aliphatic carbocycles. The first-order chi connectivity index (χ1) is 15.3. The average Bonchev–Trinajstić information content (AvgIpc) is 2.75. The normalized spacial score (nSPS) is 19.0. The topological polar surface area (TPSA) is 0 Å². The molecule has 0 atom stereocenters. The Labute approximate surface area is 183 Å². The maximum Gasteiger partial charge on any atom is 0.195 e. The van der Waals surface area contributed by atoms with Gasteiger partial charge in [0.25, 0.3) is 0 Å². The Kier molecular flexibility index (Phi) is 6.50. The summed E-state index contributed by atoms with van der Waals surface area (Å²) in [6.07, 6.45) is 7.31. The van der Waals surface area contributed by atoms with E-state index in [9.17, 15) is 26.3 Å². The summed E-state index contributed by atoms with van der Waals surface area (Å²) >= 11 is 0. The van der Waals surface area contributed by atoms with E-state index in [-0.39, 0.29) is 16.9 Å². The lowest BCUT2D eigenvalue weighted by Crippen LogP contribution is -2.14. The molecule has 0 N–H and O–H groups in total. The molecule has 0 heterocycles. The molecule has 1 aliphatic rings. The second kappa shape index (κ2) is 9.16. The average molecular weight is 450 g/mol. The lowest BCUT2D eigenvalue weighted by atomic mass is 9.77. The van der Waals surface area contributed by atoms with Gasteiger partial charge in [-0.15, -0.1) is 0 Å². The molecule has 3 aromatic carbocycles. The van der Waals surface area contributed by atoms with Crippen LogP contribution < -0.4 is 0 Å². The third-order valence-corrected chi connectivity index (χ3v) is 6.66. The molecule has 0 amide bonds. The molecule has 0 spiro atoms. The van der Waals surface area contributed by atoms with Crippen LogP contribution in [-0.2, 0) is 0 Å². The second-order valence-corrected chi connectivity index (χ2v) is 8.76. The quantitative estimate of drug-likeness (QED) is 0.269. The molecule has 170 valence electrons. The van der Waals surface area contributed by atoms with Crippen LogP contribution in [0.15, 0.2) is 30.3 Å². The SMILES string of the molecule is CCCC[C@H]1CC[C@H](c2cc(F)c(-c3cc(F)c4c(F)c(F)c(F)cc4c3)c(F)c2)CC1. The molecule has 1 fully saturated rings. The van der Waals surface area contributed by atoms with E-state index in [1.54, 1.807) is 0 Å². The molecule has 0 aromatic heterocycles. The third kappa shape index (κ3) is 4.24. The van der Waals surface area contributed by atoms with Gasteiger partial charge >= 0.3 is 0 Å². The molecule has 3 aromatic rings. The third-order valence-electron chi connectivity index (χ3n) is 6.66. The summed E-state index contributed by atoms with van der Waals surface area (Å²) in [6.45, 7) is 2.16. The van der Waals surface area contributed by atoms with E-state index in [0.717, 1.165) is 44.2 Å². The zero-order valence-electron chi connectivity index (χ0n) is 17.8. The highest BCUT2D eigenvalue weighted by atomic mass is 19.2. The maximum atomic E-state index is 15.0. The number of unbranched alkanes of at least 4 members (excludes halogenated alkanes) is 1. The van der Waals surface area contributed by atoms with Gasteiger partial charge in [0.2, 0.25) is 0 Å². The van der Waals surface area contributed by atoms with E-state index in [0.29, 0.717) is 17.5 Å². The van der Waals surface area contributed by atoms with E-state index >= 15 is 0 Å². The van der Waals surface area contributed by atoms with E-state index in [2.05, 4.69) is 6.92 Å². The summed E-state index contributed by atoms with van der Waals surface area (Å²) in [4.78, 5) is 0. The summed E-state index contributed by atoms with van der Waals surface area (Å²) in [5.41, 5.74) is -0.111. The Bertz CT molecular complexity index is 1120. The van der Waals surface area contributed by atoms with E-state index in [1.807, 2.05) is 0 Å². The predicted octanol–water partition coefficient (Wildman–Crippen LogP) is 8.81. The Morgan fingerprint density at radius 2 is 1.38 bits per heavy atom. The van der Waals surface area contributed by atoms with Crippen molar-refractivity contribution in [3.05, 3.63) is 70.8 Å². The highest BCUT2D eigenvalue weighted by molar-refractivity contribution is 5.88. The number of rotatable bonds is 5. The number of benzene rings is 3. The summed E-state index contributed by atoms with van der Waals surface area (Å²) < 4.78 is 85.5. The van der Waals surface area contributed by atoms with Crippen LogP contribution in [0.3, 0.4) is 0 Å². The van der Waals surface area contributed by atoms with Gasteiger partial charge in [0.1, 0.15) is 17.5 Å². The Hall–Kier alpha value is -2.50. The molecule has 4 rings (SSSR count). The molecule has 0 bridgehead atoms. The van der Waals surface area contributed by atoms with E-state index < -0.39 is 45.9 Å². The van der Waals surface area contributed by atoms with Crippen LogP contribution in [-0.4, -0.2) is 0 Å². The van der Waals surface area contributed by atoms with E-state index in [4.69, 9.17) is 0 Å². The monoisotopic (exact) mass is 450 g/mol. The van der Waals surface area contributed by atoms with Gasteiger partial charge in [0.15, 0.2) is 17.5 Å². The summed E-state index contributed by atoms with van der Waals surface area (Å²) in [5.74, 6) is -7.20. The van der Waals surface area contributed by atoms with Crippen LogP contribution in [0.2, 0.25) is 0 Å². The lowest BCUT2D eigenvalue weighted by Gasteiger charge is -2.29. The predicted molar refractivity (Wildman–Crippen MR) is 113 cm³/mol. The van der Waals surface area contributed by atoms with Crippen LogP contribution >= 0.6 is 0 Å². The highest BCUT2D eigenvalue weighted by Gasteiger charge is 2.25. The van der Waals surface area contributed by atoms with Crippen molar-refractivity contribution in [2.75, 3.05) is 0 Å². The minimum Gasteiger partial charge on any atom is -0.206 e. The van der Waals surface area contributed by atoms with Crippen LogP contribution in [0.25, 0.3) is 21.9 Å². The Balaban J connectivity index is 1.66. The van der Waals surface area contributed by atoms with Crippen molar-refractivity contribution in [1.29, 1.82) is 0 Å².